The topological polar surface area (TPSA) is 85.6 Å². The van der Waals surface area contributed by atoms with Gasteiger partial charge in [0.2, 0.25) is 11.1 Å². The first-order valence-electron chi connectivity index (χ1n) is 11.3. The van der Waals surface area contributed by atoms with Gasteiger partial charge in [-0.25, -0.2) is 9.97 Å². The third-order valence-corrected chi connectivity index (χ3v) is 8.08. The summed E-state index contributed by atoms with van der Waals surface area (Å²) in [4.78, 5) is 23.8. The van der Waals surface area contributed by atoms with E-state index in [-0.39, 0.29) is 11.2 Å². The van der Waals surface area contributed by atoms with Gasteiger partial charge in [0.1, 0.15) is 5.52 Å². The largest absolute Gasteiger partial charge is 0.324 e. The second kappa shape index (κ2) is 9.15. The summed E-state index contributed by atoms with van der Waals surface area (Å²) in [5, 5.41) is 13.9. The van der Waals surface area contributed by atoms with Crippen LogP contribution in [0.1, 0.15) is 50.1 Å². The number of thiazole rings is 1. The molecule has 9 heteroatoms. The normalized spacial score (nSPS) is 14.6. The molecule has 0 aliphatic heterocycles. The second-order valence-electron chi connectivity index (χ2n) is 8.04. The lowest BCUT2D eigenvalue weighted by molar-refractivity contribution is -0.115. The molecule has 166 valence electrons. The number of aromatic nitrogens is 5. The number of carbonyl (C=O) groups excluding carboxylic acids is 1. The fourth-order valence-electron chi connectivity index (χ4n) is 4.23. The Labute approximate surface area is 195 Å². The first-order valence-corrected chi connectivity index (χ1v) is 12.9. The molecule has 0 unspecified atom stereocenters. The molecule has 3 heterocycles. The SMILES string of the molecule is CCCn1c2ccccc2c2nnc(S[C@H](CC)C(=O)Nc3nc4c(s3)CCCC4)nc21. The number of amides is 1. The summed E-state index contributed by atoms with van der Waals surface area (Å²) in [7, 11) is 0. The van der Waals surface area contributed by atoms with E-state index in [1.807, 2.05) is 19.1 Å². The van der Waals surface area contributed by atoms with Gasteiger partial charge < -0.3 is 9.88 Å². The number of rotatable bonds is 7. The highest BCUT2D eigenvalue weighted by molar-refractivity contribution is 8.00. The first kappa shape index (κ1) is 21.3. The molecule has 0 radical (unpaired) electrons. The van der Waals surface area contributed by atoms with Gasteiger partial charge in [0.15, 0.2) is 10.8 Å². The number of hydrogen-bond donors (Lipinski definition) is 1. The van der Waals surface area contributed by atoms with E-state index < -0.39 is 0 Å². The molecule has 1 aromatic carbocycles. The molecule has 7 nitrogen and oxygen atoms in total. The zero-order valence-electron chi connectivity index (χ0n) is 18.3. The monoisotopic (exact) mass is 466 g/mol. The Balaban J connectivity index is 1.39. The zero-order chi connectivity index (χ0) is 22.1. The van der Waals surface area contributed by atoms with E-state index in [2.05, 4.69) is 44.1 Å². The Morgan fingerprint density at radius 2 is 2.03 bits per heavy atom. The van der Waals surface area contributed by atoms with Crippen LogP contribution in [0.4, 0.5) is 5.13 Å². The Morgan fingerprint density at radius 1 is 1.19 bits per heavy atom. The number of nitrogens with zero attached hydrogens (tertiary/aromatic N) is 5. The summed E-state index contributed by atoms with van der Waals surface area (Å²) in [5.41, 5.74) is 3.91. The molecule has 1 aliphatic carbocycles. The van der Waals surface area contributed by atoms with Crippen LogP contribution in [0.15, 0.2) is 29.4 Å². The van der Waals surface area contributed by atoms with Crippen molar-refractivity contribution in [2.24, 2.45) is 0 Å². The fourth-order valence-corrected chi connectivity index (χ4v) is 6.10. The van der Waals surface area contributed by atoms with Crippen LogP contribution in [0.25, 0.3) is 22.1 Å². The van der Waals surface area contributed by atoms with Crippen LogP contribution in [0.5, 0.6) is 0 Å². The lowest BCUT2D eigenvalue weighted by atomic mass is 10.0. The van der Waals surface area contributed by atoms with Crippen molar-refractivity contribution in [3.63, 3.8) is 0 Å². The number of aryl methyl sites for hydroxylation is 3. The number of fused-ring (bicyclic) bond motifs is 4. The number of anilines is 1. The summed E-state index contributed by atoms with van der Waals surface area (Å²) in [6.45, 7) is 5.02. The minimum Gasteiger partial charge on any atom is -0.324 e. The van der Waals surface area contributed by atoms with Crippen molar-refractivity contribution in [2.75, 3.05) is 5.32 Å². The summed E-state index contributed by atoms with van der Waals surface area (Å²) in [6.07, 6.45) is 6.13. The van der Waals surface area contributed by atoms with Crippen molar-refractivity contribution in [1.82, 2.24) is 24.7 Å². The first-order chi connectivity index (χ1) is 15.7. The van der Waals surface area contributed by atoms with Crippen molar-refractivity contribution in [3.8, 4) is 0 Å². The summed E-state index contributed by atoms with van der Waals surface area (Å²) < 4.78 is 2.20. The van der Waals surface area contributed by atoms with Crippen LogP contribution in [-0.4, -0.2) is 35.9 Å². The highest BCUT2D eigenvalue weighted by atomic mass is 32.2. The van der Waals surface area contributed by atoms with Crippen molar-refractivity contribution < 1.29 is 4.79 Å². The molecule has 0 fully saturated rings. The molecule has 4 aromatic rings. The Hall–Kier alpha value is -2.52. The Morgan fingerprint density at radius 3 is 2.84 bits per heavy atom. The summed E-state index contributed by atoms with van der Waals surface area (Å²) in [6, 6.07) is 8.20. The molecule has 1 N–H and O–H groups in total. The molecule has 1 atom stereocenters. The number of carbonyl (C=O) groups is 1. The van der Waals surface area contributed by atoms with E-state index in [4.69, 9.17) is 4.98 Å². The average molecular weight is 467 g/mol. The molecule has 0 spiro atoms. The minimum absolute atomic E-state index is 0.0543. The van der Waals surface area contributed by atoms with E-state index in [1.165, 1.54) is 29.5 Å². The lowest BCUT2D eigenvalue weighted by Crippen LogP contribution is -2.24. The summed E-state index contributed by atoms with van der Waals surface area (Å²) in [5.74, 6) is -0.0543. The van der Waals surface area contributed by atoms with Crippen LogP contribution >= 0.6 is 23.1 Å². The van der Waals surface area contributed by atoms with E-state index in [0.717, 1.165) is 53.6 Å². The molecule has 0 saturated heterocycles. The van der Waals surface area contributed by atoms with Crippen LogP contribution < -0.4 is 5.32 Å². The molecule has 0 bridgehead atoms. The van der Waals surface area contributed by atoms with Gasteiger partial charge in [-0.05, 0) is 44.6 Å². The van der Waals surface area contributed by atoms with E-state index in [1.54, 1.807) is 11.3 Å². The van der Waals surface area contributed by atoms with Gasteiger partial charge in [-0.1, -0.05) is 43.8 Å². The second-order valence-corrected chi connectivity index (χ2v) is 10.3. The standard InChI is InChI=1S/C23H26N6OS2/c1-3-13-29-16-11-7-5-9-14(16)19-20(29)25-23(28-27-19)31-17(4-2)21(30)26-22-24-15-10-6-8-12-18(15)32-22/h5,7,9,11,17H,3-4,6,8,10,12-13H2,1-2H3,(H,24,26,30)/t17-/m1/s1. The molecule has 1 aliphatic rings. The molecule has 3 aromatic heterocycles. The number of thioether (sulfide) groups is 1. The third kappa shape index (κ3) is 3.99. The van der Waals surface area contributed by atoms with Gasteiger partial charge in [0.25, 0.3) is 0 Å². The number of nitrogens with one attached hydrogen (secondary N) is 1. The maximum absolute atomic E-state index is 13.0. The Bertz CT molecular complexity index is 1260. The van der Waals surface area contributed by atoms with Crippen molar-refractivity contribution in [2.45, 2.75) is 69.3 Å². The van der Waals surface area contributed by atoms with Crippen LogP contribution in [-0.2, 0) is 24.2 Å². The highest BCUT2D eigenvalue weighted by Gasteiger charge is 2.23. The molecule has 1 amide bonds. The van der Waals surface area contributed by atoms with Crippen LogP contribution in [0, 0.1) is 0 Å². The fraction of sp³-hybridized carbons (Fsp3) is 0.435. The van der Waals surface area contributed by atoms with Crippen molar-refractivity contribution >= 4 is 56.2 Å². The van der Waals surface area contributed by atoms with Crippen molar-refractivity contribution in [1.29, 1.82) is 0 Å². The maximum atomic E-state index is 13.0. The van der Waals surface area contributed by atoms with Gasteiger partial charge in [-0.15, -0.1) is 21.5 Å². The molecular weight excluding hydrogens is 440 g/mol. The predicted molar refractivity (Wildman–Crippen MR) is 130 cm³/mol. The quantitative estimate of drug-likeness (QED) is 0.375. The Kier molecular flexibility index (Phi) is 6.10. The zero-order valence-corrected chi connectivity index (χ0v) is 19.9. The van der Waals surface area contributed by atoms with Gasteiger partial charge in [-0.3, -0.25) is 4.79 Å². The van der Waals surface area contributed by atoms with Crippen LogP contribution in [0.2, 0.25) is 0 Å². The minimum atomic E-state index is -0.306. The van der Waals surface area contributed by atoms with E-state index >= 15 is 0 Å². The van der Waals surface area contributed by atoms with E-state index in [0.29, 0.717) is 16.7 Å². The number of hydrogen-bond acceptors (Lipinski definition) is 7. The van der Waals surface area contributed by atoms with Crippen LogP contribution in [0.3, 0.4) is 0 Å². The number of para-hydroxylation sites is 1. The molecule has 5 rings (SSSR count). The van der Waals surface area contributed by atoms with Gasteiger partial charge in [-0.2, -0.15) is 0 Å². The van der Waals surface area contributed by atoms with Gasteiger partial charge in [0, 0.05) is 16.8 Å². The smallest absolute Gasteiger partial charge is 0.239 e. The third-order valence-electron chi connectivity index (χ3n) is 5.79. The maximum Gasteiger partial charge on any atom is 0.239 e. The van der Waals surface area contributed by atoms with Crippen molar-refractivity contribution in [3.05, 3.63) is 34.8 Å². The highest BCUT2D eigenvalue weighted by Crippen LogP contribution is 2.32. The average Bonchev–Trinajstić information content (AvgIpc) is 3.36. The lowest BCUT2D eigenvalue weighted by Gasteiger charge is -2.12. The summed E-state index contributed by atoms with van der Waals surface area (Å²) >= 11 is 2.98. The molecule has 0 saturated carbocycles. The van der Waals surface area contributed by atoms with Gasteiger partial charge >= 0.3 is 0 Å². The predicted octanol–water partition coefficient (Wildman–Crippen LogP) is 5.23. The van der Waals surface area contributed by atoms with E-state index in [9.17, 15) is 4.79 Å². The molecular formula is C23H26N6OS2. The van der Waals surface area contributed by atoms with Gasteiger partial charge in [0.05, 0.1) is 16.5 Å². The number of benzene rings is 1. The molecule has 32 heavy (non-hydrogen) atoms.